The molecule has 4 fully saturated rings. The minimum absolute atomic E-state index is 0.0600. The Labute approximate surface area is 901 Å². The van der Waals surface area contributed by atoms with E-state index in [4.69, 9.17) is 18.9 Å². The van der Waals surface area contributed by atoms with Gasteiger partial charge in [-0.2, -0.15) is 12.6 Å². The lowest BCUT2D eigenvalue weighted by Crippen LogP contribution is -2.55. The van der Waals surface area contributed by atoms with Gasteiger partial charge in [0, 0.05) is 146 Å². The van der Waals surface area contributed by atoms with Crippen LogP contribution in [0.15, 0.2) is 48.5 Å². The van der Waals surface area contributed by atoms with Crippen molar-refractivity contribution in [1.29, 1.82) is 0 Å². The van der Waals surface area contributed by atoms with Crippen molar-refractivity contribution in [3.05, 3.63) is 71.3 Å². The molecule has 4 saturated heterocycles. The van der Waals surface area contributed by atoms with Crippen LogP contribution < -0.4 is 10.6 Å². The van der Waals surface area contributed by atoms with E-state index in [0.717, 1.165) is 42.9 Å². The number of likely N-dealkylation sites (tertiary alicyclic amines) is 4. The molecule has 4 N–H and O–H groups in total. The van der Waals surface area contributed by atoms with Crippen LogP contribution in [0.1, 0.15) is 296 Å². The second-order valence-corrected chi connectivity index (χ2v) is 45.4. The highest BCUT2D eigenvalue weighted by atomic mass is 32.2. The molecular formula is C112H182F2N10O22S3. The predicted octanol–water partition coefficient (Wildman–Crippen LogP) is 15.3. The van der Waals surface area contributed by atoms with E-state index in [1.807, 2.05) is 83.1 Å². The number of rotatable bonds is 66. The summed E-state index contributed by atoms with van der Waals surface area (Å²) in [6.45, 7) is 34.1. The number of carboxylic acids is 2. The molecule has 0 spiro atoms. The molecule has 4 aliphatic heterocycles. The number of methoxy groups -OCH3 is 4. The molecule has 149 heavy (non-hydrogen) atoms. The molecule has 2 unspecified atom stereocenters. The highest BCUT2D eigenvalue weighted by Gasteiger charge is 2.49. The number of Topliss-reactive ketones (excluding diaryl/α,β-unsaturated/α-hetero) is 2. The van der Waals surface area contributed by atoms with Crippen LogP contribution in [0.2, 0.25) is 0 Å². The monoisotopic (exact) mass is 2150 g/mol. The highest BCUT2D eigenvalue weighted by molar-refractivity contribution is 8.00. The van der Waals surface area contributed by atoms with Crippen molar-refractivity contribution in [2.45, 2.75) is 381 Å². The van der Waals surface area contributed by atoms with Crippen LogP contribution in [0.25, 0.3) is 0 Å². The Bertz CT molecular complexity index is 4280. The maximum atomic E-state index is 14.7. The standard InChI is InChI=1S/2C54H86FN5O11S.C4H10S/c2*1-13-15-28-72-44-32-47(64)60(53(44)67)26-18-16-17-21-45(62)57(9)48(34(5)6)42(61)30-39(33(3)4)52(66)58(10)49(35(7)14-2)43(70-11)31-46(63)59-27-19-20-41(59)50(71-12)36(8)51(65)56-40(54(68)69)29-37-22-24-38(55)25-23-37;1-2-3-4-5/h2*22-25,33-36,39-41,43-44,48-50H,13-21,26-32H2,1-12H3,(H,56,65)(H,68,69);5H,2-4H2,1H3/t2*35-,36+,39-,40-,41-,43+,44?,48-,49-,50+;/m00./s1. The molecule has 2 aromatic rings. The third-order valence-electron chi connectivity index (χ3n) is 30.2. The van der Waals surface area contributed by atoms with Gasteiger partial charge in [0.25, 0.3) is 0 Å². The molecule has 20 atom stereocenters. The summed E-state index contributed by atoms with van der Waals surface area (Å²) in [6.07, 6.45) is 11.1. The SMILES string of the molecule is CCCCS.CCCCSC1CC(=O)N(CCCCCC(=O)N(C)[C@H](C(=O)C[C@H](C(=O)N(C)[C@@H]([C@@H](C)CC)[C@@H](CC(=O)N2CCC[C@H]2[C@H](OC)[C@@H](C)C(=O)N[C@@H](Cc2ccc(F)cc2)C(=O)O)OC)C(C)C)C(C)C)C1=O.CCCCSC1CC(=O)N(CCCCCC(=O)N(C)[C@H](C(=O)C[C@H](C(=O)N(C)[C@@H]([C@@H](C)CC)[C@@H](CC(=O)N2CCC[C@H]2[C@H](OC)[C@@H](C)C(=O)N[C@@H](Cc2ccc(F)cc2)C(=O)O)OC)C(C)C)C(C)C)C1=O. The van der Waals surface area contributed by atoms with E-state index in [9.17, 15) is 95.7 Å². The van der Waals surface area contributed by atoms with Crippen LogP contribution in [0.3, 0.4) is 0 Å². The van der Waals surface area contributed by atoms with Crippen molar-refractivity contribution in [1.82, 2.24) is 49.8 Å². The number of nitrogens with zero attached hydrogens (tertiary/aromatic N) is 8. The zero-order chi connectivity index (χ0) is 112. The van der Waals surface area contributed by atoms with Crippen LogP contribution in [0.5, 0.6) is 0 Å². The quantitative estimate of drug-likeness (QED) is 0.0233. The van der Waals surface area contributed by atoms with Gasteiger partial charge in [-0.3, -0.25) is 76.9 Å². The number of carboxylic acid groups (broad SMARTS) is 2. The largest absolute Gasteiger partial charge is 0.480 e. The number of halogens is 2. The van der Waals surface area contributed by atoms with E-state index < -0.39 is 132 Å². The van der Waals surface area contributed by atoms with Gasteiger partial charge >= 0.3 is 11.9 Å². The first-order valence-corrected chi connectivity index (χ1v) is 57.1. The van der Waals surface area contributed by atoms with Crippen LogP contribution in [0, 0.1) is 70.8 Å². The number of hydrogen-bond donors (Lipinski definition) is 5. The average molecular weight is 2150 g/mol. The molecule has 0 radical (unpaired) electrons. The lowest BCUT2D eigenvalue weighted by molar-refractivity contribution is -0.150. The van der Waals surface area contributed by atoms with Crippen LogP contribution in [-0.2, 0) is 109 Å². The molecular weight excluding hydrogens is 1970 g/mol. The number of hydrogen-bond acceptors (Lipinski definition) is 23. The summed E-state index contributed by atoms with van der Waals surface area (Å²) in [5.74, 6) is -8.64. The number of ketones is 2. The summed E-state index contributed by atoms with van der Waals surface area (Å²) in [6, 6.07) is 4.50. The molecule has 0 saturated carbocycles. The minimum Gasteiger partial charge on any atom is -0.480 e. The Hall–Kier alpha value is -8.49. The number of carbonyl (C=O) groups excluding carboxylic acids is 14. The predicted molar refractivity (Wildman–Crippen MR) is 581 cm³/mol. The number of benzene rings is 2. The second-order valence-electron chi connectivity index (χ2n) is 42.4. The van der Waals surface area contributed by atoms with Gasteiger partial charge in [-0.15, -0.1) is 23.5 Å². The zero-order valence-electron chi connectivity index (χ0n) is 93.9. The van der Waals surface area contributed by atoms with Gasteiger partial charge in [-0.25, -0.2) is 18.4 Å². The summed E-state index contributed by atoms with van der Waals surface area (Å²) in [4.78, 5) is 229. The molecule has 12 amide bonds. The van der Waals surface area contributed by atoms with Crippen molar-refractivity contribution in [3.8, 4) is 0 Å². The average Bonchev–Trinajstić information content (AvgIpc) is 1.03. The first kappa shape index (κ1) is 133. The molecule has 4 heterocycles. The summed E-state index contributed by atoms with van der Waals surface area (Å²) >= 11 is 7.10. The maximum absolute atomic E-state index is 14.7. The molecule has 6 rings (SSSR count). The summed E-state index contributed by atoms with van der Waals surface area (Å²) < 4.78 is 50.9. The number of amides is 12. The number of imide groups is 2. The van der Waals surface area contributed by atoms with E-state index in [0.29, 0.717) is 114 Å². The number of carbonyl (C=O) groups is 16. The van der Waals surface area contributed by atoms with Crippen molar-refractivity contribution < 1.29 is 115 Å². The van der Waals surface area contributed by atoms with Crippen molar-refractivity contribution in [3.63, 3.8) is 0 Å². The third kappa shape index (κ3) is 40.4. The minimum atomic E-state index is -1.28. The topological polar surface area (TPSA) is 400 Å². The van der Waals surface area contributed by atoms with Gasteiger partial charge in [0.15, 0.2) is 11.6 Å². The zero-order valence-corrected chi connectivity index (χ0v) is 96.4. The van der Waals surface area contributed by atoms with Crippen molar-refractivity contribution in [2.24, 2.45) is 59.2 Å². The van der Waals surface area contributed by atoms with Crippen molar-refractivity contribution in [2.75, 3.05) is 100 Å². The van der Waals surface area contributed by atoms with E-state index in [1.54, 1.807) is 85.2 Å². The first-order chi connectivity index (χ1) is 70.5. The first-order valence-electron chi connectivity index (χ1n) is 54.4. The van der Waals surface area contributed by atoms with Gasteiger partial charge < -0.3 is 69.2 Å². The van der Waals surface area contributed by atoms with E-state index in [2.05, 4.69) is 44.0 Å². The molecule has 0 bridgehead atoms. The fourth-order valence-electron chi connectivity index (χ4n) is 20.9. The Morgan fingerprint density at radius 3 is 1.06 bits per heavy atom. The molecule has 32 nitrogen and oxygen atoms in total. The summed E-state index contributed by atoms with van der Waals surface area (Å²) in [7, 11) is 12.5. The molecule has 2 aromatic carbocycles. The van der Waals surface area contributed by atoms with Gasteiger partial charge in [0.1, 0.15) is 23.7 Å². The fourth-order valence-corrected chi connectivity index (χ4v) is 23.7. The molecule has 844 valence electrons. The number of likely N-dealkylation sites (N-methyl/N-ethyl adjacent to an activating group) is 4. The number of aliphatic carboxylic acids is 2. The lowest BCUT2D eigenvalue weighted by Gasteiger charge is -2.41. The van der Waals surface area contributed by atoms with Gasteiger partial charge in [0.2, 0.25) is 70.9 Å². The lowest BCUT2D eigenvalue weighted by atomic mass is 9.83. The second kappa shape index (κ2) is 67.9. The number of thiol groups is 1. The third-order valence-corrected chi connectivity index (χ3v) is 33.1. The van der Waals surface area contributed by atoms with Gasteiger partial charge in [-0.05, 0) is 159 Å². The van der Waals surface area contributed by atoms with E-state index in [1.165, 1.54) is 109 Å². The molecule has 4 aliphatic rings. The summed E-state index contributed by atoms with van der Waals surface area (Å²) in [5.41, 5.74) is 1.07. The van der Waals surface area contributed by atoms with Gasteiger partial charge in [-0.1, -0.05) is 187 Å². The normalized spacial score (nSPS) is 19.1. The Morgan fingerprint density at radius 2 is 0.785 bits per heavy atom. The Morgan fingerprint density at radius 1 is 0.450 bits per heavy atom. The van der Waals surface area contributed by atoms with E-state index >= 15 is 0 Å². The number of thioether (sulfide) groups is 2. The maximum Gasteiger partial charge on any atom is 0.326 e. The highest BCUT2D eigenvalue weighted by Crippen LogP contribution is 2.37. The fraction of sp³-hybridized carbons (Fsp3) is 0.750. The van der Waals surface area contributed by atoms with Crippen molar-refractivity contribution >= 4 is 131 Å². The van der Waals surface area contributed by atoms with Crippen LogP contribution in [0.4, 0.5) is 8.78 Å². The van der Waals surface area contributed by atoms with Gasteiger partial charge in [0.05, 0.1) is 95.8 Å². The van der Waals surface area contributed by atoms with Crippen LogP contribution in [-0.4, -0.2) is 327 Å². The molecule has 0 aliphatic carbocycles. The Balaban J connectivity index is 0.000000593. The molecule has 37 heteroatoms. The Kier molecular flexibility index (Phi) is 60.5. The number of ether oxygens (including phenoxy) is 4. The van der Waals surface area contributed by atoms with E-state index in [-0.39, 0.29) is 181 Å². The number of unbranched alkanes of at least 4 members (excludes halogenated alkanes) is 7. The van der Waals surface area contributed by atoms with Crippen LogP contribution >= 0.6 is 36.2 Å². The number of nitrogens with one attached hydrogen (secondary N) is 2. The molecule has 0 aromatic heterocycles. The smallest absolute Gasteiger partial charge is 0.326 e. The summed E-state index contributed by atoms with van der Waals surface area (Å²) in [5, 5.41) is 24.5.